The Morgan fingerprint density at radius 3 is 2.73 bits per heavy atom. The van der Waals surface area contributed by atoms with Crippen LogP contribution in [0.2, 0.25) is 0 Å². The zero-order chi connectivity index (χ0) is 8.69. The second kappa shape index (κ2) is 6.23. The lowest BCUT2D eigenvalue weighted by Crippen LogP contribution is -2.30. The van der Waals surface area contributed by atoms with Gasteiger partial charge >= 0.3 is 0 Å². The minimum atomic E-state index is 0.0994. The molecule has 0 saturated carbocycles. The van der Waals surface area contributed by atoms with E-state index < -0.39 is 0 Å². The summed E-state index contributed by atoms with van der Waals surface area (Å²) in [4.78, 5) is 12.9. The van der Waals surface area contributed by atoms with Crippen LogP contribution in [0, 0.1) is 0 Å². The van der Waals surface area contributed by atoms with Gasteiger partial charge in [0.1, 0.15) is 0 Å². The van der Waals surface area contributed by atoms with Crippen LogP contribution in [-0.4, -0.2) is 29.8 Å². The van der Waals surface area contributed by atoms with Crippen LogP contribution in [0.5, 0.6) is 0 Å². The van der Waals surface area contributed by atoms with Crippen LogP contribution in [0.15, 0.2) is 12.7 Å². The maximum Gasteiger partial charge on any atom is 0.224 e. The molecule has 0 saturated heterocycles. The van der Waals surface area contributed by atoms with Crippen LogP contribution in [0.1, 0.15) is 13.3 Å². The zero-order valence-electron chi connectivity index (χ0n) is 6.85. The van der Waals surface area contributed by atoms with E-state index in [9.17, 15) is 4.79 Å². The first-order chi connectivity index (χ1) is 5.26. The van der Waals surface area contributed by atoms with Gasteiger partial charge in [0.15, 0.2) is 0 Å². The predicted octanol–water partition coefficient (Wildman–Crippen LogP) is 1.65. The maximum absolute atomic E-state index is 11.2. The number of carbonyl (C=O) groups excluding carboxylic acids is 1. The Balaban J connectivity index is 3.80. The van der Waals surface area contributed by atoms with Gasteiger partial charge in [-0.1, -0.05) is 6.08 Å². The molecule has 2 nitrogen and oxygen atoms in total. The molecule has 0 aromatic carbocycles. The van der Waals surface area contributed by atoms with Crippen molar-refractivity contribution in [2.45, 2.75) is 13.3 Å². The highest BCUT2D eigenvalue weighted by molar-refractivity contribution is 6.18. The zero-order valence-corrected chi connectivity index (χ0v) is 7.60. The van der Waals surface area contributed by atoms with E-state index in [1.54, 1.807) is 11.0 Å². The van der Waals surface area contributed by atoms with Crippen molar-refractivity contribution in [1.82, 2.24) is 4.90 Å². The fourth-order valence-corrected chi connectivity index (χ4v) is 0.964. The molecule has 0 radical (unpaired) electrons. The van der Waals surface area contributed by atoms with Crippen molar-refractivity contribution in [1.29, 1.82) is 0 Å². The Morgan fingerprint density at radius 2 is 2.36 bits per heavy atom. The lowest BCUT2D eigenvalue weighted by atomic mass is 10.4. The lowest BCUT2D eigenvalue weighted by molar-refractivity contribution is -0.130. The molecule has 0 aromatic rings. The number of hydrogen-bond acceptors (Lipinski definition) is 1. The minimum Gasteiger partial charge on any atom is -0.339 e. The third-order valence-electron chi connectivity index (χ3n) is 1.39. The van der Waals surface area contributed by atoms with Crippen molar-refractivity contribution < 1.29 is 4.79 Å². The number of likely N-dealkylation sites (N-methyl/N-ethyl adjacent to an activating group) is 1. The molecule has 0 bridgehead atoms. The fraction of sp³-hybridized carbons (Fsp3) is 0.625. The fourth-order valence-electron chi connectivity index (χ4n) is 0.802. The molecule has 0 heterocycles. The van der Waals surface area contributed by atoms with Crippen molar-refractivity contribution in [3.63, 3.8) is 0 Å². The van der Waals surface area contributed by atoms with Gasteiger partial charge in [0.25, 0.3) is 0 Å². The molecule has 0 aliphatic carbocycles. The Labute approximate surface area is 72.8 Å². The van der Waals surface area contributed by atoms with E-state index in [0.717, 1.165) is 6.54 Å². The van der Waals surface area contributed by atoms with Crippen molar-refractivity contribution in [2.24, 2.45) is 0 Å². The number of nitrogens with zero attached hydrogens (tertiary/aromatic N) is 1. The smallest absolute Gasteiger partial charge is 0.224 e. The number of halogens is 1. The summed E-state index contributed by atoms with van der Waals surface area (Å²) in [5, 5.41) is 0. The van der Waals surface area contributed by atoms with Crippen LogP contribution in [0.3, 0.4) is 0 Å². The van der Waals surface area contributed by atoms with Crippen LogP contribution >= 0.6 is 11.6 Å². The van der Waals surface area contributed by atoms with Crippen molar-refractivity contribution >= 4 is 17.5 Å². The van der Waals surface area contributed by atoms with Crippen molar-refractivity contribution in [2.75, 3.05) is 19.0 Å². The third-order valence-corrected chi connectivity index (χ3v) is 1.58. The summed E-state index contributed by atoms with van der Waals surface area (Å²) in [7, 11) is 0. The Bertz CT molecular complexity index is 136. The molecule has 0 unspecified atom stereocenters. The van der Waals surface area contributed by atoms with Crippen LogP contribution in [0.4, 0.5) is 0 Å². The quantitative estimate of drug-likeness (QED) is 0.460. The average Bonchev–Trinajstić information content (AvgIpc) is 2.00. The number of rotatable bonds is 5. The van der Waals surface area contributed by atoms with Gasteiger partial charge in [-0.15, -0.1) is 18.2 Å². The van der Waals surface area contributed by atoms with E-state index in [-0.39, 0.29) is 5.91 Å². The van der Waals surface area contributed by atoms with Gasteiger partial charge in [0.05, 0.1) is 0 Å². The first-order valence-corrected chi connectivity index (χ1v) is 4.24. The number of alkyl halides is 1. The van der Waals surface area contributed by atoms with Crippen molar-refractivity contribution in [3.05, 3.63) is 12.7 Å². The molecule has 0 aliphatic rings. The monoisotopic (exact) mass is 175 g/mol. The van der Waals surface area contributed by atoms with Gasteiger partial charge < -0.3 is 4.90 Å². The van der Waals surface area contributed by atoms with Gasteiger partial charge in [0.2, 0.25) is 5.91 Å². The summed E-state index contributed by atoms with van der Waals surface area (Å²) in [5.74, 6) is 0.495. The summed E-state index contributed by atoms with van der Waals surface area (Å²) in [6.07, 6.45) is 2.14. The molecule has 64 valence electrons. The van der Waals surface area contributed by atoms with E-state index >= 15 is 0 Å². The van der Waals surface area contributed by atoms with E-state index in [2.05, 4.69) is 6.58 Å². The summed E-state index contributed by atoms with van der Waals surface area (Å²) < 4.78 is 0. The van der Waals surface area contributed by atoms with Gasteiger partial charge in [-0.05, 0) is 6.92 Å². The topological polar surface area (TPSA) is 20.3 Å². The largest absolute Gasteiger partial charge is 0.339 e. The first kappa shape index (κ1) is 10.5. The molecule has 3 heteroatoms. The minimum absolute atomic E-state index is 0.0994. The van der Waals surface area contributed by atoms with Crippen LogP contribution < -0.4 is 0 Å². The molecule has 11 heavy (non-hydrogen) atoms. The number of carbonyl (C=O) groups is 1. The van der Waals surface area contributed by atoms with Gasteiger partial charge in [-0.2, -0.15) is 0 Å². The van der Waals surface area contributed by atoms with E-state index in [1.165, 1.54) is 0 Å². The van der Waals surface area contributed by atoms with Gasteiger partial charge in [-0.3, -0.25) is 4.79 Å². The Hall–Kier alpha value is -0.500. The molecule has 0 aliphatic heterocycles. The van der Waals surface area contributed by atoms with Crippen LogP contribution in [-0.2, 0) is 4.79 Å². The number of hydrogen-bond donors (Lipinski definition) is 0. The molecule has 1 amide bonds. The molecule has 0 fully saturated rings. The van der Waals surface area contributed by atoms with Crippen molar-refractivity contribution in [3.8, 4) is 0 Å². The standard InChI is InChI=1S/C8H14ClNO/c1-3-7-10(4-2)8(11)5-6-9/h3H,1,4-7H2,2H3. The summed E-state index contributed by atoms with van der Waals surface area (Å²) in [6.45, 7) is 6.85. The summed E-state index contributed by atoms with van der Waals surface area (Å²) >= 11 is 5.42. The highest BCUT2D eigenvalue weighted by atomic mass is 35.5. The summed E-state index contributed by atoms with van der Waals surface area (Å²) in [6, 6.07) is 0. The van der Waals surface area contributed by atoms with E-state index in [1.807, 2.05) is 6.92 Å². The molecule has 0 rings (SSSR count). The molecule has 0 spiro atoms. The summed E-state index contributed by atoms with van der Waals surface area (Å²) in [5.41, 5.74) is 0. The van der Waals surface area contributed by atoms with Crippen LogP contribution in [0.25, 0.3) is 0 Å². The molecule has 0 atom stereocenters. The maximum atomic E-state index is 11.2. The first-order valence-electron chi connectivity index (χ1n) is 3.70. The predicted molar refractivity (Wildman–Crippen MR) is 47.8 cm³/mol. The lowest BCUT2D eigenvalue weighted by Gasteiger charge is -2.17. The normalized spacial score (nSPS) is 9.27. The second-order valence-corrected chi connectivity index (χ2v) is 2.54. The molecular formula is C8H14ClNO. The Kier molecular flexibility index (Phi) is 5.94. The SMILES string of the molecule is C=CCN(CC)C(=O)CCCl. The Morgan fingerprint density at radius 1 is 1.73 bits per heavy atom. The average molecular weight is 176 g/mol. The molecule has 0 aromatic heterocycles. The molecular weight excluding hydrogens is 162 g/mol. The van der Waals surface area contributed by atoms with E-state index in [4.69, 9.17) is 11.6 Å². The molecule has 0 N–H and O–H groups in total. The third kappa shape index (κ3) is 4.04. The van der Waals surface area contributed by atoms with Gasteiger partial charge in [0, 0.05) is 25.4 Å². The highest BCUT2D eigenvalue weighted by Gasteiger charge is 2.07. The van der Waals surface area contributed by atoms with E-state index in [0.29, 0.717) is 18.8 Å². The van der Waals surface area contributed by atoms with Gasteiger partial charge in [-0.25, -0.2) is 0 Å². The number of amides is 1. The second-order valence-electron chi connectivity index (χ2n) is 2.16. The highest BCUT2D eigenvalue weighted by Crippen LogP contribution is 1.95.